The van der Waals surface area contributed by atoms with Crippen LogP contribution < -0.4 is 5.32 Å². The second-order valence-corrected chi connectivity index (χ2v) is 4.46. The number of nitrogens with one attached hydrogen (secondary N) is 1. The quantitative estimate of drug-likeness (QED) is 0.634. The molecule has 0 unspecified atom stereocenters. The third-order valence-electron chi connectivity index (χ3n) is 2.75. The van der Waals surface area contributed by atoms with Crippen LogP contribution in [0.1, 0.15) is 11.1 Å². The molecule has 0 atom stereocenters. The summed E-state index contributed by atoms with van der Waals surface area (Å²) in [5.41, 5.74) is 2.11. The predicted molar refractivity (Wildman–Crippen MR) is 80.0 cm³/mol. The highest BCUT2D eigenvalue weighted by atomic mass is 16.2. The van der Waals surface area contributed by atoms with Gasteiger partial charge in [-0.05, 0) is 12.5 Å². The summed E-state index contributed by atoms with van der Waals surface area (Å²) in [4.78, 5) is 25.1. The average Bonchev–Trinajstić information content (AvgIpc) is 2.45. The first-order valence-electron chi connectivity index (χ1n) is 6.43. The Hall–Kier alpha value is -2.36. The minimum absolute atomic E-state index is 0.322. The molecule has 0 radical (unpaired) electrons. The molecule has 0 aliphatic heterocycles. The SMILES string of the molecule is C=CCN(CC=C)C(=O)C(=O)NCc1ccc(C)cc1. The Morgan fingerprint density at radius 3 is 2.20 bits per heavy atom. The summed E-state index contributed by atoms with van der Waals surface area (Å²) in [5.74, 6) is -1.19. The molecule has 1 N–H and O–H groups in total. The number of hydrogen-bond donors (Lipinski definition) is 1. The summed E-state index contributed by atoms with van der Waals surface area (Å²) in [6, 6.07) is 7.77. The number of carbonyl (C=O) groups excluding carboxylic acids is 2. The molecule has 0 spiro atoms. The van der Waals surface area contributed by atoms with E-state index in [2.05, 4.69) is 18.5 Å². The van der Waals surface area contributed by atoms with E-state index in [0.29, 0.717) is 19.6 Å². The Morgan fingerprint density at radius 2 is 1.70 bits per heavy atom. The monoisotopic (exact) mass is 272 g/mol. The number of aryl methyl sites for hydroxylation is 1. The number of nitrogens with zero attached hydrogens (tertiary/aromatic N) is 1. The Labute approximate surface area is 119 Å². The Morgan fingerprint density at radius 1 is 1.15 bits per heavy atom. The number of amides is 2. The van der Waals surface area contributed by atoms with Gasteiger partial charge in [0.2, 0.25) is 0 Å². The van der Waals surface area contributed by atoms with Gasteiger partial charge >= 0.3 is 11.8 Å². The predicted octanol–water partition coefficient (Wildman–Crippen LogP) is 1.81. The van der Waals surface area contributed by atoms with Crippen molar-refractivity contribution in [2.75, 3.05) is 13.1 Å². The lowest BCUT2D eigenvalue weighted by atomic mass is 10.1. The molecule has 4 nitrogen and oxygen atoms in total. The van der Waals surface area contributed by atoms with Crippen molar-refractivity contribution in [1.82, 2.24) is 10.2 Å². The highest BCUT2D eigenvalue weighted by molar-refractivity contribution is 6.35. The molecule has 0 saturated carbocycles. The molecule has 20 heavy (non-hydrogen) atoms. The molecule has 0 heterocycles. The molecule has 0 aliphatic rings. The molecule has 0 fully saturated rings. The Balaban J connectivity index is 2.56. The van der Waals surface area contributed by atoms with Gasteiger partial charge in [0, 0.05) is 19.6 Å². The van der Waals surface area contributed by atoms with Gasteiger partial charge in [-0.1, -0.05) is 42.0 Å². The van der Waals surface area contributed by atoms with Crippen LogP contribution >= 0.6 is 0 Å². The van der Waals surface area contributed by atoms with Crippen LogP contribution in [0.15, 0.2) is 49.6 Å². The lowest BCUT2D eigenvalue weighted by molar-refractivity contribution is -0.145. The fourth-order valence-electron chi connectivity index (χ4n) is 1.66. The van der Waals surface area contributed by atoms with Crippen molar-refractivity contribution in [3.05, 3.63) is 60.7 Å². The summed E-state index contributed by atoms with van der Waals surface area (Å²) in [5, 5.41) is 2.62. The third-order valence-corrected chi connectivity index (χ3v) is 2.75. The number of carbonyl (C=O) groups is 2. The normalized spacial score (nSPS) is 9.65. The van der Waals surface area contributed by atoms with Crippen LogP contribution in [-0.4, -0.2) is 29.8 Å². The van der Waals surface area contributed by atoms with Crippen LogP contribution in [0.2, 0.25) is 0 Å². The number of rotatable bonds is 6. The molecular formula is C16H20N2O2. The molecule has 0 aliphatic carbocycles. The van der Waals surface area contributed by atoms with E-state index >= 15 is 0 Å². The first kappa shape index (κ1) is 15.7. The van der Waals surface area contributed by atoms with Crippen molar-refractivity contribution in [3.63, 3.8) is 0 Å². The zero-order valence-electron chi connectivity index (χ0n) is 11.8. The molecule has 4 heteroatoms. The van der Waals surface area contributed by atoms with Crippen molar-refractivity contribution in [2.45, 2.75) is 13.5 Å². The molecular weight excluding hydrogens is 252 g/mol. The van der Waals surface area contributed by atoms with Gasteiger partial charge in [0.05, 0.1) is 0 Å². The van der Waals surface area contributed by atoms with Gasteiger partial charge < -0.3 is 10.2 Å². The molecule has 1 rings (SSSR count). The fourth-order valence-corrected chi connectivity index (χ4v) is 1.66. The van der Waals surface area contributed by atoms with E-state index in [4.69, 9.17) is 0 Å². The van der Waals surface area contributed by atoms with Crippen LogP contribution in [0.3, 0.4) is 0 Å². The molecule has 0 saturated heterocycles. The van der Waals surface area contributed by atoms with Gasteiger partial charge in [-0.15, -0.1) is 13.2 Å². The van der Waals surface area contributed by atoms with Crippen molar-refractivity contribution < 1.29 is 9.59 Å². The van der Waals surface area contributed by atoms with Crippen LogP contribution in [0, 0.1) is 6.92 Å². The molecule has 1 aromatic rings. The summed E-state index contributed by atoms with van der Waals surface area (Å²) in [6.45, 7) is 10.1. The lowest BCUT2D eigenvalue weighted by Crippen LogP contribution is -2.42. The number of hydrogen-bond acceptors (Lipinski definition) is 2. The first-order chi connectivity index (χ1) is 9.58. The molecule has 0 bridgehead atoms. The summed E-state index contributed by atoms with van der Waals surface area (Å²) in [7, 11) is 0. The fraction of sp³-hybridized carbons (Fsp3) is 0.250. The maximum atomic E-state index is 11.9. The second-order valence-electron chi connectivity index (χ2n) is 4.46. The van der Waals surface area contributed by atoms with Gasteiger partial charge in [0.1, 0.15) is 0 Å². The average molecular weight is 272 g/mol. The maximum Gasteiger partial charge on any atom is 0.312 e. The minimum Gasteiger partial charge on any atom is -0.344 e. The number of benzene rings is 1. The third kappa shape index (κ3) is 4.72. The Kier molecular flexibility index (Phi) is 6.23. The molecule has 106 valence electrons. The Bertz CT molecular complexity index is 482. The van der Waals surface area contributed by atoms with Gasteiger partial charge in [-0.3, -0.25) is 9.59 Å². The lowest BCUT2D eigenvalue weighted by Gasteiger charge is -2.18. The van der Waals surface area contributed by atoms with Gasteiger partial charge in [0.15, 0.2) is 0 Å². The van der Waals surface area contributed by atoms with E-state index < -0.39 is 11.8 Å². The van der Waals surface area contributed by atoms with Crippen LogP contribution in [0.4, 0.5) is 0 Å². The minimum atomic E-state index is -0.616. The van der Waals surface area contributed by atoms with Crippen molar-refractivity contribution in [1.29, 1.82) is 0 Å². The molecule has 2 amide bonds. The van der Waals surface area contributed by atoms with E-state index in [1.54, 1.807) is 12.2 Å². The van der Waals surface area contributed by atoms with Crippen molar-refractivity contribution in [3.8, 4) is 0 Å². The molecule has 0 aromatic heterocycles. The van der Waals surface area contributed by atoms with Crippen LogP contribution in [-0.2, 0) is 16.1 Å². The van der Waals surface area contributed by atoms with Crippen molar-refractivity contribution in [2.24, 2.45) is 0 Å². The van der Waals surface area contributed by atoms with Gasteiger partial charge in [-0.2, -0.15) is 0 Å². The summed E-state index contributed by atoms with van der Waals surface area (Å²) in [6.07, 6.45) is 3.16. The highest BCUT2D eigenvalue weighted by Gasteiger charge is 2.19. The maximum absolute atomic E-state index is 11.9. The highest BCUT2D eigenvalue weighted by Crippen LogP contribution is 2.02. The largest absolute Gasteiger partial charge is 0.344 e. The second kappa shape index (κ2) is 7.94. The van der Waals surface area contributed by atoms with Crippen LogP contribution in [0.5, 0.6) is 0 Å². The van der Waals surface area contributed by atoms with E-state index in [0.717, 1.165) is 11.1 Å². The molecule has 1 aromatic carbocycles. The standard InChI is InChI=1S/C16H20N2O2/c1-4-10-18(11-5-2)16(20)15(19)17-12-14-8-6-13(3)7-9-14/h4-9H,1-2,10-12H2,3H3,(H,17,19). The first-order valence-corrected chi connectivity index (χ1v) is 6.43. The topological polar surface area (TPSA) is 49.4 Å². The smallest absolute Gasteiger partial charge is 0.312 e. The van der Waals surface area contributed by atoms with E-state index in [1.165, 1.54) is 4.90 Å². The van der Waals surface area contributed by atoms with E-state index in [1.807, 2.05) is 31.2 Å². The zero-order valence-corrected chi connectivity index (χ0v) is 11.8. The van der Waals surface area contributed by atoms with E-state index in [9.17, 15) is 9.59 Å². The van der Waals surface area contributed by atoms with Crippen LogP contribution in [0.25, 0.3) is 0 Å². The van der Waals surface area contributed by atoms with Crippen molar-refractivity contribution >= 4 is 11.8 Å². The zero-order chi connectivity index (χ0) is 15.0. The van der Waals surface area contributed by atoms with Gasteiger partial charge in [0.25, 0.3) is 0 Å². The van der Waals surface area contributed by atoms with E-state index in [-0.39, 0.29) is 0 Å². The summed E-state index contributed by atoms with van der Waals surface area (Å²) >= 11 is 0. The van der Waals surface area contributed by atoms with Gasteiger partial charge in [-0.25, -0.2) is 0 Å². The summed E-state index contributed by atoms with van der Waals surface area (Å²) < 4.78 is 0.